The van der Waals surface area contributed by atoms with Gasteiger partial charge < -0.3 is 8.92 Å². The molecule has 0 spiro atoms. The van der Waals surface area contributed by atoms with E-state index in [1.165, 1.54) is 13.2 Å². The maximum Gasteiger partial charge on any atom is 0.299 e. The van der Waals surface area contributed by atoms with Gasteiger partial charge in [0.2, 0.25) is 0 Å². The van der Waals surface area contributed by atoms with Crippen LogP contribution in [-0.4, -0.2) is 15.5 Å². The number of rotatable bonds is 3. The van der Waals surface area contributed by atoms with E-state index < -0.39 is 11.0 Å². The van der Waals surface area contributed by atoms with Crippen LogP contribution < -0.4 is 8.92 Å². The summed E-state index contributed by atoms with van der Waals surface area (Å²) >= 11 is 0. The van der Waals surface area contributed by atoms with Gasteiger partial charge in [-0.25, -0.2) is 0 Å². The van der Waals surface area contributed by atoms with Gasteiger partial charge in [-0.15, -0.1) is 0 Å². The molecule has 0 aliphatic rings. The summed E-state index contributed by atoms with van der Waals surface area (Å²) < 4.78 is 29.7. The highest BCUT2D eigenvalue weighted by atomic mass is 32.2. The summed E-state index contributed by atoms with van der Waals surface area (Å²) in [6.07, 6.45) is 0. The third-order valence-corrected chi connectivity index (χ3v) is 1.59. The zero-order valence-corrected chi connectivity index (χ0v) is 7.28. The Balaban J connectivity index is 2.96. The number of hydrogen-bond acceptors (Lipinski definition) is 4. The van der Waals surface area contributed by atoms with E-state index in [2.05, 4.69) is 4.18 Å². The molecule has 0 heterocycles. The molecule has 1 aromatic rings. The Labute approximate surface area is 71.9 Å². The fourth-order valence-corrected chi connectivity index (χ4v) is 1.09. The number of benzene rings is 1. The minimum atomic E-state index is -2.88. The lowest BCUT2D eigenvalue weighted by atomic mass is 10.3. The third-order valence-electron chi connectivity index (χ3n) is 1.24. The molecule has 4 nitrogen and oxygen atoms in total. The molecular formula is C7H8O4S. The summed E-state index contributed by atoms with van der Waals surface area (Å²) in [6, 6.07) is 6.53. The molecule has 0 aromatic heterocycles. The Kier molecular flexibility index (Phi) is 2.93. The molecule has 1 aromatic carbocycles. The summed E-state index contributed by atoms with van der Waals surface area (Å²) in [5, 5.41) is 0. The Morgan fingerprint density at radius 3 is 2.25 bits per heavy atom. The van der Waals surface area contributed by atoms with Gasteiger partial charge in [0.25, 0.3) is 11.0 Å². The number of methoxy groups -OCH3 is 1. The molecule has 0 aliphatic heterocycles. The van der Waals surface area contributed by atoms with E-state index in [1.807, 2.05) is 0 Å². The Bertz CT molecular complexity index is 324. The number of para-hydroxylation sites is 2. The van der Waals surface area contributed by atoms with E-state index in [9.17, 15) is 8.42 Å². The van der Waals surface area contributed by atoms with Crippen LogP contribution in [0.25, 0.3) is 0 Å². The largest absolute Gasteiger partial charge is 0.493 e. The highest BCUT2D eigenvalue weighted by Gasteiger charge is 2.01. The summed E-state index contributed by atoms with van der Waals surface area (Å²) in [5.74, 6) is 0.604. The van der Waals surface area contributed by atoms with Crippen molar-refractivity contribution in [1.82, 2.24) is 0 Å². The van der Waals surface area contributed by atoms with Crippen LogP contribution in [0.3, 0.4) is 0 Å². The number of hydrogen-bond donors (Lipinski definition) is 1. The first-order valence-electron chi connectivity index (χ1n) is 3.19. The van der Waals surface area contributed by atoms with Gasteiger partial charge in [-0.3, -0.25) is 0 Å². The predicted molar refractivity (Wildman–Crippen MR) is 43.9 cm³/mol. The fourth-order valence-electron chi connectivity index (χ4n) is 0.775. The predicted octanol–water partition coefficient (Wildman–Crippen LogP) is 0.600. The van der Waals surface area contributed by atoms with Gasteiger partial charge in [0.1, 0.15) is 0 Å². The van der Waals surface area contributed by atoms with Crippen LogP contribution in [0, 0.1) is 0 Å². The lowest BCUT2D eigenvalue weighted by Gasteiger charge is -2.03. The van der Waals surface area contributed by atoms with Gasteiger partial charge in [0, 0.05) is 0 Å². The zero-order chi connectivity index (χ0) is 8.97. The molecule has 5 heteroatoms. The van der Waals surface area contributed by atoms with Crippen LogP contribution in [0.4, 0.5) is 0 Å². The van der Waals surface area contributed by atoms with Crippen molar-refractivity contribution in [3.8, 4) is 11.5 Å². The van der Waals surface area contributed by atoms with Crippen molar-refractivity contribution in [3.05, 3.63) is 24.3 Å². The van der Waals surface area contributed by atoms with Gasteiger partial charge in [0.15, 0.2) is 11.5 Å². The average Bonchev–Trinajstić information content (AvgIpc) is 2.04. The smallest absolute Gasteiger partial charge is 0.299 e. The molecular weight excluding hydrogens is 180 g/mol. The Morgan fingerprint density at radius 2 is 1.75 bits per heavy atom. The summed E-state index contributed by atoms with van der Waals surface area (Å²) in [5.41, 5.74) is 0. The van der Waals surface area contributed by atoms with E-state index in [0.717, 1.165) is 0 Å². The maximum absolute atomic E-state index is 10.2. The first kappa shape index (κ1) is 8.86. The molecule has 1 rings (SSSR count). The summed E-state index contributed by atoms with van der Waals surface area (Å²) in [6.45, 7) is 0. The second-order valence-corrected chi connectivity index (χ2v) is 2.60. The van der Waals surface area contributed by atoms with Gasteiger partial charge in [-0.05, 0) is 12.1 Å². The Morgan fingerprint density at radius 1 is 1.17 bits per heavy atom. The molecule has 0 unspecified atom stereocenters. The maximum atomic E-state index is 10.2. The highest BCUT2D eigenvalue weighted by molar-refractivity contribution is 7.67. The van der Waals surface area contributed by atoms with Gasteiger partial charge in [-0.2, -0.15) is 8.42 Å². The second kappa shape index (κ2) is 3.96. The first-order valence-corrected chi connectivity index (χ1v) is 4.29. The molecule has 0 fully saturated rings. The van der Waals surface area contributed by atoms with Crippen molar-refractivity contribution in [2.75, 3.05) is 7.11 Å². The standard InChI is InChI=1S/C7H8O4S/c1-10-6-4-2-3-5-7(6)11-12(8)9/h2-5,12H,1H3. The molecule has 66 valence electrons. The molecule has 0 saturated heterocycles. The summed E-state index contributed by atoms with van der Waals surface area (Å²) in [4.78, 5) is 0. The van der Waals surface area contributed by atoms with Crippen LogP contribution in [-0.2, 0) is 11.0 Å². The average molecular weight is 188 g/mol. The van der Waals surface area contributed by atoms with E-state index in [-0.39, 0.29) is 5.75 Å². The summed E-state index contributed by atoms with van der Waals surface area (Å²) in [7, 11) is -1.43. The van der Waals surface area contributed by atoms with Crippen LogP contribution >= 0.6 is 0 Å². The minimum Gasteiger partial charge on any atom is -0.493 e. The topological polar surface area (TPSA) is 52.6 Å². The van der Waals surface area contributed by atoms with Crippen molar-refractivity contribution in [3.63, 3.8) is 0 Å². The lowest BCUT2D eigenvalue weighted by Crippen LogP contribution is -1.93. The van der Waals surface area contributed by atoms with Crippen LogP contribution in [0.1, 0.15) is 0 Å². The molecule has 12 heavy (non-hydrogen) atoms. The van der Waals surface area contributed by atoms with Crippen LogP contribution in [0.15, 0.2) is 24.3 Å². The Hall–Kier alpha value is -1.23. The van der Waals surface area contributed by atoms with E-state index in [4.69, 9.17) is 4.74 Å². The van der Waals surface area contributed by atoms with Crippen LogP contribution in [0.2, 0.25) is 0 Å². The van der Waals surface area contributed by atoms with Crippen molar-refractivity contribution >= 4 is 11.0 Å². The normalized spacial score (nSPS) is 9.83. The van der Waals surface area contributed by atoms with E-state index in [1.54, 1.807) is 18.2 Å². The minimum absolute atomic E-state index is 0.205. The van der Waals surface area contributed by atoms with E-state index in [0.29, 0.717) is 5.75 Å². The zero-order valence-electron chi connectivity index (χ0n) is 6.39. The molecule has 0 amide bonds. The van der Waals surface area contributed by atoms with Crippen molar-refractivity contribution in [2.45, 2.75) is 0 Å². The number of thiol groups is 1. The molecule has 0 N–H and O–H groups in total. The molecule has 0 saturated carbocycles. The SMILES string of the molecule is COc1ccccc1O[SH](=O)=O. The fraction of sp³-hybridized carbons (Fsp3) is 0.143. The van der Waals surface area contributed by atoms with Crippen LogP contribution in [0.5, 0.6) is 11.5 Å². The third kappa shape index (κ3) is 2.13. The number of ether oxygens (including phenoxy) is 1. The molecule has 0 radical (unpaired) electrons. The van der Waals surface area contributed by atoms with Gasteiger partial charge in [0.05, 0.1) is 7.11 Å². The molecule has 0 bridgehead atoms. The first-order chi connectivity index (χ1) is 5.74. The van der Waals surface area contributed by atoms with Crippen molar-refractivity contribution in [1.29, 1.82) is 0 Å². The van der Waals surface area contributed by atoms with Crippen molar-refractivity contribution < 1.29 is 17.3 Å². The monoisotopic (exact) mass is 188 g/mol. The molecule has 0 atom stereocenters. The van der Waals surface area contributed by atoms with Gasteiger partial charge >= 0.3 is 0 Å². The van der Waals surface area contributed by atoms with Gasteiger partial charge in [-0.1, -0.05) is 12.1 Å². The second-order valence-electron chi connectivity index (χ2n) is 1.97. The van der Waals surface area contributed by atoms with E-state index >= 15 is 0 Å². The molecule has 0 aliphatic carbocycles. The van der Waals surface area contributed by atoms with Crippen molar-refractivity contribution in [2.24, 2.45) is 0 Å². The lowest BCUT2D eigenvalue weighted by molar-refractivity contribution is 0.394. The quantitative estimate of drug-likeness (QED) is 0.706. The highest BCUT2D eigenvalue weighted by Crippen LogP contribution is 2.25.